The molecular weight excluding hydrogens is 275 g/mol. The fourth-order valence-electron chi connectivity index (χ4n) is 1.36. The summed E-state index contributed by atoms with van der Waals surface area (Å²) in [6, 6.07) is 0. The topological polar surface area (TPSA) is 92.0 Å². The number of halogens is 3. The molecule has 114 valence electrons. The van der Waals surface area contributed by atoms with E-state index in [9.17, 15) is 13.2 Å². The van der Waals surface area contributed by atoms with E-state index in [0.29, 0.717) is 18.9 Å². The largest absolute Gasteiger partial charge is 0.389 e. The van der Waals surface area contributed by atoms with Crippen molar-refractivity contribution in [1.29, 1.82) is 0 Å². The van der Waals surface area contributed by atoms with Gasteiger partial charge in [-0.1, -0.05) is 0 Å². The summed E-state index contributed by atoms with van der Waals surface area (Å²) in [6.45, 7) is 0.344. The van der Waals surface area contributed by atoms with Crippen molar-refractivity contribution in [3.05, 3.63) is 0 Å². The molecule has 0 amide bonds. The Labute approximate surface area is 114 Å². The van der Waals surface area contributed by atoms with Crippen molar-refractivity contribution < 1.29 is 13.2 Å². The predicted octanol–water partition coefficient (Wildman–Crippen LogP) is 1.37. The predicted molar refractivity (Wildman–Crippen MR) is 70.4 cm³/mol. The molecule has 0 unspecified atom stereocenters. The standard InChI is InChI=1S/C10H18F3N7/c1-20(2)9-17-7(16-8(18-9)19-14)15-6-4-3-5-10(11,12)13/h3-6,14H2,1-2H3,(H2,15,16,17,18,19). The molecule has 0 bridgehead atoms. The van der Waals surface area contributed by atoms with Gasteiger partial charge in [0, 0.05) is 27.1 Å². The third-order valence-corrected chi connectivity index (χ3v) is 2.32. The Morgan fingerprint density at radius 1 is 1.10 bits per heavy atom. The molecule has 4 N–H and O–H groups in total. The monoisotopic (exact) mass is 293 g/mol. The van der Waals surface area contributed by atoms with Crippen LogP contribution in [-0.2, 0) is 0 Å². The van der Waals surface area contributed by atoms with E-state index in [2.05, 4.69) is 25.7 Å². The molecule has 0 fully saturated rings. The van der Waals surface area contributed by atoms with Gasteiger partial charge in [-0.15, -0.1) is 0 Å². The highest BCUT2D eigenvalue weighted by molar-refractivity contribution is 5.42. The molecule has 1 heterocycles. The van der Waals surface area contributed by atoms with Crippen molar-refractivity contribution in [3.63, 3.8) is 0 Å². The molecule has 0 aliphatic rings. The van der Waals surface area contributed by atoms with Crippen molar-refractivity contribution >= 4 is 17.8 Å². The van der Waals surface area contributed by atoms with Crippen molar-refractivity contribution in [2.45, 2.75) is 25.4 Å². The second kappa shape index (κ2) is 7.08. The van der Waals surface area contributed by atoms with E-state index < -0.39 is 12.6 Å². The first-order valence-corrected chi connectivity index (χ1v) is 6.02. The molecule has 0 saturated heterocycles. The van der Waals surface area contributed by atoms with E-state index in [1.807, 2.05) is 0 Å². The van der Waals surface area contributed by atoms with E-state index in [1.165, 1.54) is 0 Å². The number of nitrogens with two attached hydrogens (primary N) is 1. The Morgan fingerprint density at radius 3 is 2.30 bits per heavy atom. The molecule has 1 aromatic heterocycles. The van der Waals surface area contributed by atoms with Gasteiger partial charge in [-0.3, -0.25) is 5.43 Å². The van der Waals surface area contributed by atoms with Gasteiger partial charge in [0.05, 0.1) is 0 Å². The summed E-state index contributed by atoms with van der Waals surface area (Å²) in [5, 5.41) is 2.85. The van der Waals surface area contributed by atoms with Crippen LogP contribution in [-0.4, -0.2) is 41.8 Å². The minimum Gasteiger partial charge on any atom is -0.354 e. The number of hydrogen-bond donors (Lipinski definition) is 3. The Kier molecular flexibility index (Phi) is 5.74. The van der Waals surface area contributed by atoms with Crippen LogP contribution in [0.3, 0.4) is 0 Å². The molecule has 0 radical (unpaired) electrons. The van der Waals surface area contributed by atoms with Crippen LogP contribution >= 0.6 is 0 Å². The summed E-state index contributed by atoms with van der Waals surface area (Å²) in [5.74, 6) is 6.08. The van der Waals surface area contributed by atoms with Gasteiger partial charge in [-0.05, 0) is 12.8 Å². The number of unbranched alkanes of at least 4 members (excludes halogenated alkanes) is 1. The average molecular weight is 293 g/mol. The van der Waals surface area contributed by atoms with Gasteiger partial charge in [-0.2, -0.15) is 28.1 Å². The number of rotatable bonds is 7. The van der Waals surface area contributed by atoms with Crippen LogP contribution in [0.1, 0.15) is 19.3 Å². The number of nitrogen functional groups attached to an aromatic ring is 1. The average Bonchev–Trinajstić information content (AvgIpc) is 2.36. The van der Waals surface area contributed by atoms with Crippen molar-refractivity contribution in [1.82, 2.24) is 15.0 Å². The van der Waals surface area contributed by atoms with Crippen LogP contribution in [0.15, 0.2) is 0 Å². The lowest BCUT2D eigenvalue weighted by molar-refractivity contribution is -0.135. The lowest BCUT2D eigenvalue weighted by Gasteiger charge is -2.13. The Morgan fingerprint density at radius 2 is 1.75 bits per heavy atom. The van der Waals surface area contributed by atoms with Gasteiger partial charge < -0.3 is 10.2 Å². The SMILES string of the molecule is CN(C)c1nc(NN)nc(NCCCCC(F)(F)F)n1. The summed E-state index contributed by atoms with van der Waals surface area (Å²) in [7, 11) is 3.51. The first-order chi connectivity index (χ1) is 9.31. The highest BCUT2D eigenvalue weighted by Crippen LogP contribution is 2.22. The Bertz CT molecular complexity index is 422. The van der Waals surface area contributed by atoms with Crippen molar-refractivity contribution in [3.8, 4) is 0 Å². The van der Waals surface area contributed by atoms with Crippen LogP contribution in [0, 0.1) is 0 Å². The van der Waals surface area contributed by atoms with E-state index in [4.69, 9.17) is 5.84 Å². The maximum Gasteiger partial charge on any atom is 0.389 e. The maximum atomic E-state index is 12.0. The van der Waals surface area contributed by atoms with Gasteiger partial charge in [0.15, 0.2) is 0 Å². The zero-order valence-electron chi connectivity index (χ0n) is 11.3. The number of hydrazine groups is 1. The molecule has 0 saturated carbocycles. The van der Waals surface area contributed by atoms with Crippen LogP contribution in [0.4, 0.5) is 31.0 Å². The molecule has 1 aromatic rings. The first-order valence-electron chi connectivity index (χ1n) is 6.02. The smallest absolute Gasteiger partial charge is 0.354 e. The number of nitrogens with one attached hydrogen (secondary N) is 2. The second-order valence-electron chi connectivity index (χ2n) is 4.32. The minimum atomic E-state index is -4.11. The Balaban J connectivity index is 2.49. The third kappa shape index (κ3) is 5.87. The van der Waals surface area contributed by atoms with Gasteiger partial charge in [0.25, 0.3) is 0 Å². The number of nitrogens with zero attached hydrogens (tertiary/aromatic N) is 4. The minimum absolute atomic E-state index is 0.0596. The molecular formula is C10H18F3N7. The quantitative estimate of drug-likeness (QED) is 0.397. The lowest BCUT2D eigenvalue weighted by atomic mass is 10.2. The van der Waals surface area contributed by atoms with Gasteiger partial charge in [0.2, 0.25) is 17.8 Å². The van der Waals surface area contributed by atoms with Crippen LogP contribution in [0.2, 0.25) is 0 Å². The number of anilines is 3. The van der Waals surface area contributed by atoms with Crippen LogP contribution < -0.4 is 21.5 Å². The van der Waals surface area contributed by atoms with Gasteiger partial charge in [-0.25, -0.2) is 5.84 Å². The lowest BCUT2D eigenvalue weighted by Crippen LogP contribution is -2.19. The summed E-state index contributed by atoms with van der Waals surface area (Å²) in [4.78, 5) is 13.7. The van der Waals surface area contributed by atoms with E-state index in [1.54, 1.807) is 19.0 Å². The summed E-state index contributed by atoms with van der Waals surface area (Å²) < 4.78 is 35.9. The van der Waals surface area contributed by atoms with Crippen molar-refractivity contribution in [2.24, 2.45) is 5.84 Å². The summed E-state index contributed by atoms with van der Waals surface area (Å²) in [5.41, 5.74) is 2.31. The van der Waals surface area contributed by atoms with Crippen molar-refractivity contribution in [2.75, 3.05) is 36.3 Å². The Hall–Kier alpha value is -1.84. The molecule has 7 nitrogen and oxygen atoms in total. The maximum absolute atomic E-state index is 12.0. The highest BCUT2D eigenvalue weighted by atomic mass is 19.4. The fraction of sp³-hybridized carbons (Fsp3) is 0.700. The zero-order chi connectivity index (χ0) is 15.2. The van der Waals surface area contributed by atoms with E-state index in [0.717, 1.165) is 0 Å². The molecule has 10 heteroatoms. The van der Waals surface area contributed by atoms with Gasteiger partial charge >= 0.3 is 6.18 Å². The summed E-state index contributed by atoms with van der Waals surface area (Å²) in [6.07, 6.45) is -4.47. The van der Waals surface area contributed by atoms with E-state index in [-0.39, 0.29) is 18.3 Å². The van der Waals surface area contributed by atoms with E-state index >= 15 is 0 Å². The second-order valence-corrected chi connectivity index (χ2v) is 4.32. The first kappa shape index (κ1) is 16.2. The highest BCUT2D eigenvalue weighted by Gasteiger charge is 2.25. The zero-order valence-corrected chi connectivity index (χ0v) is 11.3. The molecule has 0 aromatic carbocycles. The molecule has 1 rings (SSSR count). The molecule has 0 aliphatic carbocycles. The van der Waals surface area contributed by atoms with Crippen LogP contribution in [0.25, 0.3) is 0 Å². The van der Waals surface area contributed by atoms with Crippen LogP contribution in [0.5, 0.6) is 0 Å². The number of aromatic nitrogens is 3. The molecule has 0 spiro atoms. The molecule has 0 aliphatic heterocycles. The fourth-order valence-corrected chi connectivity index (χ4v) is 1.36. The van der Waals surface area contributed by atoms with Gasteiger partial charge in [0.1, 0.15) is 0 Å². The number of hydrogen-bond acceptors (Lipinski definition) is 7. The number of alkyl halides is 3. The summed E-state index contributed by atoms with van der Waals surface area (Å²) >= 11 is 0. The molecule has 20 heavy (non-hydrogen) atoms. The molecule has 0 atom stereocenters. The normalized spacial score (nSPS) is 11.3. The third-order valence-electron chi connectivity index (χ3n) is 2.32.